The van der Waals surface area contributed by atoms with Crippen LogP contribution in [0.4, 0.5) is 0 Å². The molecule has 0 aromatic rings. The number of carbonyl (C=O) groups is 3. The molecule has 6 unspecified atom stereocenters. The maximum absolute atomic E-state index is 12.7. The number of aliphatic hydroxyl groups excluding tert-OH is 3. The molecule has 0 bridgehead atoms. The van der Waals surface area contributed by atoms with Crippen LogP contribution in [0.15, 0.2) is 28.8 Å². The SMILES string of the molecule is C[C@H](CC=CC1CCCCC1)[C@H](C[NH2+]C[C@@]1(O)[C@H](OC2CCC3C(C2)[OH+]C(C(N)=O)C(C2CCC(O)CC2)C3O)O[C@H](C(=O)[O-])[C@@H](O)[C@@]1(O)C=O)CC1=C[CH+]N=C1. The van der Waals surface area contributed by atoms with E-state index in [-0.39, 0.29) is 36.4 Å². The van der Waals surface area contributed by atoms with Crippen molar-refractivity contribution in [2.24, 2.45) is 46.2 Å². The Hall–Kier alpha value is -2.73. The molecule has 318 valence electrons. The summed E-state index contributed by atoms with van der Waals surface area (Å²) in [5.41, 5.74) is 1.25. The number of hydrogen-bond donors (Lipinski definition) is 7. The van der Waals surface area contributed by atoms with Gasteiger partial charge in [-0.05, 0) is 75.5 Å². The third-order valence-corrected chi connectivity index (χ3v) is 14.2. The smallest absolute Gasteiger partial charge is 0.297 e. The Labute approximate surface area is 335 Å². The summed E-state index contributed by atoms with van der Waals surface area (Å²) in [5, 5.41) is 70.7. The number of carboxylic acid groups (broad SMARTS) is 1. The molecule has 0 aromatic heterocycles. The highest BCUT2D eigenvalue weighted by atomic mass is 16.7. The number of nitrogens with two attached hydrogens (primary N) is 2. The minimum absolute atomic E-state index is 0.0302. The number of hydrogen-bond acceptors (Lipinski definition) is 12. The van der Waals surface area contributed by atoms with Gasteiger partial charge in [-0.1, -0.05) is 38.3 Å². The van der Waals surface area contributed by atoms with Crippen LogP contribution in [-0.4, -0.2) is 128 Å². The Morgan fingerprint density at radius 3 is 2.51 bits per heavy atom. The number of carboxylic acids is 1. The molecule has 13 atom stereocenters. The van der Waals surface area contributed by atoms with Gasteiger partial charge in [0.2, 0.25) is 11.7 Å². The minimum Gasteiger partial charge on any atom is -0.547 e. The lowest BCUT2D eigenvalue weighted by Gasteiger charge is -2.53. The second-order valence-corrected chi connectivity index (χ2v) is 17.9. The molecular formula is C42H65N3O12+2. The number of aliphatic imine (C=N–C) groups is 1. The number of aliphatic hydroxyl groups is 7. The van der Waals surface area contributed by atoms with E-state index in [1.807, 2.05) is 12.3 Å². The molecule has 3 heterocycles. The molecule has 5 fully saturated rings. The van der Waals surface area contributed by atoms with Crippen molar-refractivity contribution in [3.8, 4) is 0 Å². The maximum atomic E-state index is 12.7. The summed E-state index contributed by atoms with van der Waals surface area (Å²) in [6, 6.07) is 0. The number of carbonyl (C=O) groups excluding carboxylic acids is 3. The fourth-order valence-corrected chi connectivity index (χ4v) is 10.6. The van der Waals surface area contributed by atoms with Crippen LogP contribution in [-0.2, 0) is 23.9 Å². The Balaban J connectivity index is 1.17. The molecule has 6 rings (SSSR count). The number of aliphatic carboxylic acids is 1. The van der Waals surface area contributed by atoms with Crippen molar-refractivity contribution >= 4 is 24.4 Å². The van der Waals surface area contributed by atoms with Crippen LogP contribution in [0, 0.1) is 42.1 Å². The first-order valence-electron chi connectivity index (χ1n) is 21.3. The number of ether oxygens (including phenoxy) is 3. The third-order valence-electron chi connectivity index (χ3n) is 14.2. The Bertz CT molecular complexity index is 1480. The fourth-order valence-electron chi connectivity index (χ4n) is 10.6. The first-order valence-corrected chi connectivity index (χ1v) is 21.3. The average molecular weight is 804 g/mol. The van der Waals surface area contributed by atoms with E-state index < -0.39 is 84.6 Å². The van der Waals surface area contributed by atoms with Crippen molar-refractivity contribution in [2.75, 3.05) is 13.1 Å². The zero-order valence-electron chi connectivity index (χ0n) is 33.1. The topological polar surface area (TPSA) is 262 Å². The number of nitrogens with zero attached hydrogens (tertiary/aromatic N) is 1. The predicted octanol–water partition coefficient (Wildman–Crippen LogP) is -1.13. The van der Waals surface area contributed by atoms with Gasteiger partial charge in [0.25, 0.3) is 5.91 Å². The molecule has 15 heteroatoms. The van der Waals surface area contributed by atoms with Gasteiger partial charge >= 0.3 is 0 Å². The van der Waals surface area contributed by atoms with Crippen molar-refractivity contribution in [1.29, 1.82) is 0 Å². The van der Waals surface area contributed by atoms with Gasteiger partial charge in [-0.3, -0.25) is 9.59 Å². The van der Waals surface area contributed by atoms with E-state index in [9.17, 15) is 45.0 Å². The zero-order valence-corrected chi connectivity index (χ0v) is 33.1. The number of aldehydes is 1. The van der Waals surface area contributed by atoms with E-state index >= 15 is 0 Å². The molecule has 2 saturated heterocycles. The van der Waals surface area contributed by atoms with Crippen LogP contribution in [0.1, 0.15) is 96.8 Å². The van der Waals surface area contributed by atoms with Crippen molar-refractivity contribution in [3.63, 3.8) is 0 Å². The molecule has 10 N–H and O–H groups in total. The molecule has 1 amide bonds. The molecule has 0 radical (unpaired) electrons. The van der Waals surface area contributed by atoms with Crippen molar-refractivity contribution in [3.05, 3.63) is 30.3 Å². The van der Waals surface area contributed by atoms with Crippen LogP contribution in [0.25, 0.3) is 0 Å². The number of amides is 1. The quantitative estimate of drug-likeness (QED) is 0.0425. The summed E-state index contributed by atoms with van der Waals surface area (Å²) in [5.74, 6) is -2.53. The highest BCUT2D eigenvalue weighted by molar-refractivity contribution is 5.82. The molecule has 6 aliphatic rings. The molecular weight excluding hydrogens is 738 g/mol. The molecule has 0 spiro atoms. The van der Waals surface area contributed by atoms with Gasteiger partial charge in [0.1, 0.15) is 30.9 Å². The van der Waals surface area contributed by atoms with E-state index in [4.69, 9.17) is 19.9 Å². The van der Waals surface area contributed by atoms with Gasteiger partial charge in [0, 0.05) is 18.8 Å². The standard InChI is InChI=1S/C42H63N3O12/c1-24(6-5-9-25-7-3-2-4-8-25)28(18-26-16-17-44-20-26)21-45-22-41(53)40(57-36(39(51)52)37(49)42(41,54)23-46)55-30-14-15-31-32(19-30)56-35(38(43)50)33(34(31)48)27-10-12-29(47)13-11-27/h5,9,16-17,20,23-25,27-37,40,45,47-49,53-54H,2-4,6-8,10-15,18-19,21-22H2,1H3,(H2-,43,50,51,52)/p+2/t24-,27?,28+,29?,30?,31?,32?,33?,34?,35?,36+,37-,40-,41-,42+/m1/s1. The fraction of sp³-hybridized carbons (Fsp3) is 0.786. The van der Waals surface area contributed by atoms with Gasteiger partial charge in [-0.2, -0.15) is 0 Å². The van der Waals surface area contributed by atoms with E-state index in [2.05, 4.69) is 24.1 Å². The molecule has 0 aromatic carbocycles. The summed E-state index contributed by atoms with van der Waals surface area (Å²) in [6.45, 7) is 3.94. The van der Waals surface area contributed by atoms with Crippen LogP contribution >= 0.6 is 0 Å². The average Bonchev–Trinajstić information content (AvgIpc) is 3.71. The van der Waals surface area contributed by atoms with Gasteiger partial charge in [-0.15, -0.1) is 4.99 Å². The zero-order chi connectivity index (χ0) is 40.9. The maximum Gasteiger partial charge on any atom is 0.297 e. The van der Waals surface area contributed by atoms with Crippen molar-refractivity contribution in [2.45, 2.75) is 157 Å². The summed E-state index contributed by atoms with van der Waals surface area (Å²) in [7, 11) is 0. The number of rotatable bonds is 16. The largest absolute Gasteiger partial charge is 0.547 e. The first kappa shape index (κ1) is 43.8. The summed E-state index contributed by atoms with van der Waals surface area (Å²) in [4.78, 5) is 41.8. The second kappa shape index (κ2) is 19.1. The molecule has 3 saturated carbocycles. The van der Waals surface area contributed by atoms with Crippen molar-refractivity contribution in [1.82, 2.24) is 0 Å². The van der Waals surface area contributed by atoms with Crippen LogP contribution < -0.4 is 16.2 Å². The lowest BCUT2D eigenvalue weighted by Crippen LogP contribution is -2.95. The molecule has 15 nitrogen and oxygen atoms in total. The van der Waals surface area contributed by atoms with Crippen LogP contribution in [0.2, 0.25) is 0 Å². The third kappa shape index (κ3) is 9.68. The Morgan fingerprint density at radius 2 is 1.86 bits per heavy atom. The van der Waals surface area contributed by atoms with E-state index in [1.165, 1.54) is 32.1 Å². The number of allylic oxidation sites excluding steroid dienone is 3. The highest BCUT2D eigenvalue weighted by Crippen LogP contribution is 2.46. The number of fused-ring (bicyclic) bond motifs is 1. The van der Waals surface area contributed by atoms with Crippen molar-refractivity contribution < 1.29 is 64.6 Å². The highest BCUT2D eigenvalue weighted by Gasteiger charge is 2.68. The summed E-state index contributed by atoms with van der Waals surface area (Å²) in [6.07, 6.45) is 9.24. The molecule has 3 aliphatic carbocycles. The summed E-state index contributed by atoms with van der Waals surface area (Å²) >= 11 is 0. The monoisotopic (exact) mass is 803 g/mol. The molecule has 3 aliphatic heterocycles. The van der Waals surface area contributed by atoms with Crippen LogP contribution in [0.3, 0.4) is 0 Å². The number of quaternary nitrogens is 1. The molecule has 57 heavy (non-hydrogen) atoms. The Morgan fingerprint density at radius 1 is 1.12 bits per heavy atom. The normalized spacial score (nSPS) is 41.2. The van der Waals surface area contributed by atoms with Gasteiger partial charge in [-0.25, -0.2) is 0 Å². The van der Waals surface area contributed by atoms with Crippen LogP contribution in [0.5, 0.6) is 0 Å². The van der Waals surface area contributed by atoms with E-state index in [1.54, 1.807) is 11.9 Å². The number of primary amides is 1. The lowest BCUT2D eigenvalue weighted by molar-refractivity contribution is -0.682. The van der Waals surface area contributed by atoms with E-state index in [0.717, 1.165) is 12.0 Å². The van der Waals surface area contributed by atoms with Gasteiger partial charge in [0.15, 0.2) is 30.5 Å². The lowest BCUT2D eigenvalue weighted by atomic mass is 9.66. The predicted molar refractivity (Wildman–Crippen MR) is 204 cm³/mol. The van der Waals surface area contributed by atoms with E-state index in [0.29, 0.717) is 57.4 Å². The summed E-state index contributed by atoms with van der Waals surface area (Å²) < 4.78 is 16.8. The minimum atomic E-state index is -3.02. The van der Waals surface area contributed by atoms with Gasteiger partial charge in [0.05, 0.1) is 48.7 Å². The Kier molecular flexibility index (Phi) is 14.7. The second-order valence-electron chi connectivity index (χ2n) is 17.9. The van der Waals surface area contributed by atoms with Gasteiger partial charge < -0.3 is 60.7 Å². The first-order chi connectivity index (χ1) is 27.3.